The van der Waals surface area contributed by atoms with Crippen LogP contribution in [0.4, 0.5) is 5.69 Å². The van der Waals surface area contributed by atoms with E-state index in [-0.39, 0.29) is 5.91 Å². The van der Waals surface area contributed by atoms with Gasteiger partial charge >= 0.3 is 0 Å². The van der Waals surface area contributed by atoms with Gasteiger partial charge in [-0.3, -0.25) is 9.69 Å². The fraction of sp³-hybridized carbons (Fsp3) is 0.438. The van der Waals surface area contributed by atoms with Gasteiger partial charge in [0.25, 0.3) is 0 Å². The van der Waals surface area contributed by atoms with Crippen LogP contribution in [0, 0.1) is 13.8 Å². The summed E-state index contributed by atoms with van der Waals surface area (Å²) in [7, 11) is 0. The minimum absolute atomic E-state index is 0.171. The second-order valence-corrected chi connectivity index (χ2v) is 4.44. The van der Waals surface area contributed by atoms with Crippen molar-refractivity contribution in [1.29, 1.82) is 0 Å². The Bertz CT molecular complexity index is 432. The lowest BCUT2D eigenvalue weighted by Gasteiger charge is -2.30. The molecule has 1 aliphatic rings. The summed E-state index contributed by atoms with van der Waals surface area (Å²) in [6, 6.07) is 6.18. The van der Waals surface area contributed by atoms with Crippen LogP contribution in [0.3, 0.4) is 0 Å². The van der Waals surface area contributed by atoms with Crippen LogP contribution < -0.4 is 4.90 Å². The number of nitrogens with zero attached hydrogens (tertiary/aromatic N) is 1. The molecule has 1 aromatic carbocycles. The molecule has 0 spiro atoms. The van der Waals surface area contributed by atoms with E-state index >= 15 is 0 Å². The number of carbonyl (C=O) groups excluding carboxylic acids is 1. The average Bonchev–Trinajstić information content (AvgIpc) is 2.36. The number of benzene rings is 1. The van der Waals surface area contributed by atoms with E-state index in [1.165, 1.54) is 5.56 Å². The quantitative estimate of drug-likeness (QED) is 0.720. The van der Waals surface area contributed by atoms with Gasteiger partial charge in [0.15, 0.2) is 0 Å². The van der Waals surface area contributed by atoms with Crippen molar-refractivity contribution < 1.29 is 4.79 Å². The molecule has 1 aromatic rings. The molecule has 18 heavy (non-hydrogen) atoms. The summed E-state index contributed by atoms with van der Waals surface area (Å²) in [6.45, 7) is 12.1. The number of anilines is 1. The first-order valence-electron chi connectivity index (χ1n) is 6.67. The molecule has 1 amide bonds. The van der Waals surface area contributed by atoms with Crippen molar-refractivity contribution in [3.63, 3.8) is 0 Å². The third kappa shape index (κ3) is 3.00. The van der Waals surface area contributed by atoms with Gasteiger partial charge in [-0.1, -0.05) is 32.6 Å². The number of aryl methyl sites for hydroxylation is 2. The lowest BCUT2D eigenvalue weighted by atomic mass is 10.0. The van der Waals surface area contributed by atoms with Crippen molar-refractivity contribution >= 4 is 11.6 Å². The summed E-state index contributed by atoms with van der Waals surface area (Å²) in [6.07, 6.45) is 2.48. The van der Waals surface area contributed by atoms with Crippen LogP contribution in [0.1, 0.15) is 44.2 Å². The Labute approximate surface area is 110 Å². The molecule has 0 aromatic heterocycles. The molecule has 2 rings (SSSR count). The summed E-state index contributed by atoms with van der Waals surface area (Å²) in [5.41, 5.74) is 4.22. The molecule has 0 radical (unpaired) electrons. The van der Waals surface area contributed by atoms with Crippen molar-refractivity contribution in [3.05, 3.63) is 41.6 Å². The number of allylic oxidation sites excluding steroid dienone is 1. The highest BCUT2D eigenvalue weighted by Gasteiger charge is 2.24. The van der Waals surface area contributed by atoms with Crippen molar-refractivity contribution in [1.82, 2.24) is 0 Å². The molecule has 0 saturated carbocycles. The van der Waals surface area contributed by atoms with Crippen LogP contribution >= 0.6 is 0 Å². The highest BCUT2D eigenvalue weighted by molar-refractivity contribution is 5.98. The minimum atomic E-state index is 0.171. The molecule has 1 heterocycles. The maximum Gasteiger partial charge on any atom is 0.231 e. The molecule has 2 nitrogen and oxygen atoms in total. The van der Waals surface area contributed by atoms with Crippen molar-refractivity contribution in [2.24, 2.45) is 0 Å². The molecule has 0 unspecified atom stereocenters. The average molecular weight is 245 g/mol. The molecular weight excluding hydrogens is 222 g/mol. The molecule has 98 valence electrons. The summed E-state index contributed by atoms with van der Waals surface area (Å²) in [5.74, 6) is 0.171. The van der Waals surface area contributed by atoms with Crippen molar-refractivity contribution in [2.45, 2.75) is 47.0 Å². The largest absolute Gasteiger partial charge is 0.285 e. The van der Waals surface area contributed by atoms with Gasteiger partial charge in [0.1, 0.15) is 0 Å². The smallest absolute Gasteiger partial charge is 0.231 e. The van der Waals surface area contributed by atoms with E-state index < -0.39 is 0 Å². The zero-order valence-electron chi connectivity index (χ0n) is 11.9. The summed E-state index contributed by atoms with van der Waals surface area (Å²) in [5, 5.41) is 0. The Hall–Kier alpha value is -1.57. The molecule has 0 aliphatic carbocycles. The van der Waals surface area contributed by atoms with E-state index in [4.69, 9.17) is 0 Å². The van der Waals surface area contributed by atoms with Gasteiger partial charge in [0, 0.05) is 12.1 Å². The van der Waals surface area contributed by atoms with Crippen LogP contribution in [-0.2, 0) is 4.79 Å². The molecular formula is C16H23NO. The third-order valence-corrected chi connectivity index (χ3v) is 3.03. The van der Waals surface area contributed by atoms with Crippen LogP contribution in [0.2, 0.25) is 0 Å². The number of carbonyl (C=O) groups is 1. The number of piperidine rings is 1. The second-order valence-electron chi connectivity index (χ2n) is 4.44. The van der Waals surface area contributed by atoms with Crippen molar-refractivity contribution in [2.75, 3.05) is 4.90 Å². The van der Waals surface area contributed by atoms with Crippen LogP contribution in [0.5, 0.6) is 0 Å². The van der Waals surface area contributed by atoms with E-state index in [1.807, 2.05) is 27.7 Å². The maximum absolute atomic E-state index is 11.9. The zero-order chi connectivity index (χ0) is 13.7. The van der Waals surface area contributed by atoms with E-state index in [9.17, 15) is 4.79 Å². The van der Waals surface area contributed by atoms with E-state index in [0.29, 0.717) is 6.42 Å². The predicted molar refractivity (Wildman–Crippen MR) is 77.7 cm³/mol. The van der Waals surface area contributed by atoms with E-state index in [2.05, 4.69) is 24.8 Å². The SMILES string of the molecule is C=C1CCCC(=O)N1c1cc(C)ccc1C.CC. The Morgan fingerprint density at radius 2 is 1.83 bits per heavy atom. The Balaban J connectivity index is 0.000000771. The Morgan fingerprint density at radius 1 is 1.17 bits per heavy atom. The van der Waals surface area contributed by atoms with Gasteiger partial charge < -0.3 is 0 Å². The lowest BCUT2D eigenvalue weighted by Crippen LogP contribution is -2.33. The van der Waals surface area contributed by atoms with Gasteiger partial charge in [-0.05, 0) is 43.9 Å². The molecule has 1 fully saturated rings. The first-order valence-corrected chi connectivity index (χ1v) is 6.67. The topological polar surface area (TPSA) is 20.3 Å². The number of amides is 1. The lowest BCUT2D eigenvalue weighted by molar-refractivity contribution is -0.118. The molecule has 0 atom stereocenters. The second kappa shape index (κ2) is 6.39. The van der Waals surface area contributed by atoms with Crippen molar-refractivity contribution in [3.8, 4) is 0 Å². The maximum atomic E-state index is 11.9. The molecule has 1 aliphatic heterocycles. The van der Waals surface area contributed by atoms with E-state index in [1.54, 1.807) is 4.90 Å². The standard InChI is InChI=1S/C14H17NO.C2H6/c1-10-7-8-11(2)13(9-10)15-12(3)5-4-6-14(15)16;1-2/h7-9H,3-6H2,1-2H3;1-2H3. The molecule has 0 N–H and O–H groups in total. The van der Waals surface area contributed by atoms with E-state index in [0.717, 1.165) is 29.8 Å². The van der Waals surface area contributed by atoms with Gasteiger partial charge in [-0.25, -0.2) is 0 Å². The van der Waals surface area contributed by atoms with Crippen LogP contribution in [-0.4, -0.2) is 5.91 Å². The van der Waals surface area contributed by atoms with Crippen LogP contribution in [0.25, 0.3) is 0 Å². The van der Waals surface area contributed by atoms with Gasteiger partial charge in [-0.2, -0.15) is 0 Å². The number of hydrogen-bond donors (Lipinski definition) is 0. The third-order valence-electron chi connectivity index (χ3n) is 3.03. The molecule has 2 heteroatoms. The Morgan fingerprint density at radius 3 is 2.44 bits per heavy atom. The summed E-state index contributed by atoms with van der Waals surface area (Å²) >= 11 is 0. The first kappa shape index (κ1) is 14.5. The van der Waals surface area contributed by atoms with Gasteiger partial charge in [-0.15, -0.1) is 0 Å². The number of hydrogen-bond acceptors (Lipinski definition) is 1. The first-order chi connectivity index (χ1) is 8.59. The van der Waals surface area contributed by atoms with Gasteiger partial charge in [0.2, 0.25) is 5.91 Å². The minimum Gasteiger partial charge on any atom is -0.285 e. The molecule has 1 saturated heterocycles. The molecule has 0 bridgehead atoms. The monoisotopic (exact) mass is 245 g/mol. The Kier molecular flexibility index (Phi) is 5.14. The number of rotatable bonds is 1. The van der Waals surface area contributed by atoms with Gasteiger partial charge in [0.05, 0.1) is 5.69 Å². The highest BCUT2D eigenvalue weighted by Crippen LogP contribution is 2.30. The fourth-order valence-electron chi connectivity index (χ4n) is 2.11. The zero-order valence-corrected chi connectivity index (χ0v) is 11.9. The predicted octanol–water partition coefficient (Wildman–Crippen LogP) is 4.36. The summed E-state index contributed by atoms with van der Waals surface area (Å²) < 4.78 is 0. The highest BCUT2D eigenvalue weighted by atomic mass is 16.2. The summed E-state index contributed by atoms with van der Waals surface area (Å²) in [4.78, 5) is 13.7. The fourth-order valence-corrected chi connectivity index (χ4v) is 2.11. The normalized spacial score (nSPS) is 15.2. The van der Waals surface area contributed by atoms with Crippen LogP contribution in [0.15, 0.2) is 30.5 Å².